The molecule has 0 atom stereocenters. The van der Waals surface area contributed by atoms with E-state index in [1.807, 2.05) is 31.2 Å². The molecule has 1 heterocycles. The Morgan fingerprint density at radius 3 is 2.07 bits per heavy atom. The minimum atomic E-state index is -0.731. The third-order valence-corrected chi connectivity index (χ3v) is 5.14. The van der Waals surface area contributed by atoms with E-state index in [2.05, 4.69) is 21.6 Å². The highest BCUT2D eigenvalue weighted by Crippen LogP contribution is 2.29. The Labute approximate surface area is 163 Å². The molecule has 0 radical (unpaired) electrons. The van der Waals surface area contributed by atoms with Crippen LogP contribution in [0.2, 0.25) is 0 Å². The number of hydrogen-bond acceptors (Lipinski definition) is 5. The van der Waals surface area contributed by atoms with Gasteiger partial charge in [-0.15, -0.1) is 10.2 Å². The van der Waals surface area contributed by atoms with Gasteiger partial charge >= 0.3 is 0 Å². The van der Waals surface area contributed by atoms with Crippen molar-refractivity contribution < 1.29 is 9.21 Å². The quantitative estimate of drug-likeness (QED) is 0.738. The van der Waals surface area contributed by atoms with E-state index >= 15 is 0 Å². The van der Waals surface area contributed by atoms with Crippen molar-refractivity contribution in [2.45, 2.75) is 38.1 Å². The van der Waals surface area contributed by atoms with Crippen molar-refractivity contribution in [2.24, 2.45) is 0 Å². The molecule has 1 amide bonds. The maximum Gasteiger partial charge on any atom is 0.252 e. The molecule has 1 aromatic heterocycles. The Bertz CT molecular complexity index is 1020. The molecule has 1 fully saturated rings. The Hall–Kier alpha value is -3.46. The van der Waals surface area contributed by atoms with E-state index in [0.717, 1.165) is 29.5 Å². The van der Waals surface area contributed by atoms with Crippen molar-refractivity contribution in [1.29, 1.82) is 5.26 Å². The van der Waals surface area contributed by atoms with Gasteiger partial charge in [-0.1, -0.05) is 17.7 Å². The Kier molecular flexibility index (Phi) is 4.66. The first-order valence-electron chi connectivity index (χ1n) is 9.33. The van der Waals surface area contributed by atoms with Crippen LogP contribution in [0.3, 0.4) is 0 Å². The molecule has 0 aliphatic heterocycles. The topological polar surface area (TPSA) is 91.8 Å². The van der Waals surface area contributed by atoms with E-state index in [-0.39, 0.29) is 5.91 Å². The third-order valence-electron chi connectivity index (χ3n) is 5.14. The predicted molar refractivity (Wildman–Crippen MR) is 104 cm³/mol. The number of carbonyl (C=O) groups excluding carboxylic acids is 1. The van der Waals surface area contributed by atoms with Gasteiger partial charge in [0.05, 0.1) is 6.07 Å². The molecule has 1 N–H and O–H groups in total. The third kappa shape index (κ3) is 3.52. The molecule has 4 rings (SSSR count). The summed E-state index contributed by atoms with van der Waals surface area (Å²) in [5, 5.41) is 20.5. The first-order valence-corrected chi connectivity index (χ1v) is 9.33. The maximum absolute atomic E-state index is 12.5. The second kappa shape index (κ2) is 7.28. The zero-order chi connectivity index (χ0) is 19.6. The number of nitrogens with one attached hydrogen (secondary N) is 1. The van der Waals surface area contributed by atoms with Crippen molar-refractivity contribution >= 4 is 5.91 Å². The second-order valence-electron chi connectivity index (χ2n) is 7.21. The number of hydrogen-bond donors (Lipinski definition) is 1. The highest BCUT2D eigenvalue weighted by atomic mass is 16.4. The summed E-state index contributed by atoms with van der Waals surface area (Å²) in [6.07, 6.45) is 3.34. The zero-order valence-electron chi connectivity index (χ0n) is 15.6. The van der Waals surface area contributed by atoms with Gasteiger partial charge in [-0.25, -0.2) is 0 Å². The van der Waals surface area contributed by atoms with Gasteiger partial charge in [-0.2, -0.15) is 5.26 Å². The first-order chi connectivity index (χ1) is 13.6. The molecule has 6 heteroatoms. The van der Waals surface area contributed by atoms with Crippen LogP contribution in [0.1, 0.15) is 41.6 Å². The zero-order valence-corrected chi connectivity index (χ0v) is 15.6. The van der Waals surface area contributed by atoms with Crippen LogP contribution in [0.15, 0.2) is 52.9 Å². The number of aromatic nitrogens is 2. The molecule has 0 spiro atoms. The van der Waals surface area contributed by atoms with E-state index in [0.29, 0.717) is 30.2 Å². The summed E-state index contributed by atoms with van der Waals surface area (Å²) < 4.78 is 5.77. The summed E-state index contributed by atoms with van der Waals surface area (Å²) in [5.41, 5.74) is 2.53. The van der Waals surface area contributed by atoms with Crippen LogP contribution >= 0.6 is 0 Å². The molecule has 2 aromatic carbocycles. The standard InChI is InChI=1S/C22H20N4O2/c1-15-4-6-17(7-5-15)20-25-26-21(28-20)18-10-8-16(9-11-18)19(27)24-22(14-23)12-2-3-13-22/h4-11H,2-3,12-13H2,1H3,(H,24,27). The average Bonchev–Trinajstić information content (AvgIpc) is 3.39. The number of rotatable bonds is 4. The monoisotopic (exact) mass is 372 g/mol. The number of benzene rings is 2. The summed E-state index contributed by atoms with van der Waals surface area (Å²) in [6, 6.07) is 17.1. The first kappa shape index (κ1) is 17.9. The van der Waals surface area contributed by atoms with E-state index in [4.69, 9.17) is 4.42 Å². The summed E-state index contributed by atoms with van der Waals surface area (Å²) in [5.74, 6) is 0.613. The van der Waals surface area contributed by atoms with Gasteiger partial charge < -0.3 is 9.73 Å². The predicted octanol–water partition coefficient (Wildman–Crippen LogP) is 4.28. The summed E-state index contributed by atoms with van der Waals surface area (Å²) >= 11 is 0. The molecule has 1 aliphatic carbocycles. The maximum atomic E-state index is 12.5. The van der Waals surface area contributed by atoms with Crippen LogP contribution in [-0.2, 0) is 0 Å². The van der Waals surface area contributed by atoms with Crippen molar-refractivity contribution in [3.8, 4) is 29.0 Å². The van der Waals surface area contributed by atoms with E-state index in [9.17, 15) is 10.1 Å². The fraction of sp³-hybridized carbons (Fsp3) is 0.273. The number of carbonyl (C=O) groups is 1. The Morgan fingerprint density at radius 2 is 1.54 bits per heavy atom. The number of nitriles is 1. The van der Waals surface area contributed by atoms with Gasteiger partial charge in [0.15, 0.2) is 0 Å². The molecule has 6 nitrogen and oxygen atoms in total. The molecule has 28 heavy (non-hydrogen) atoms. The van der Waals surface area contributed by atoms with E-state index in [1.54, 1.807) is 24.3 Å². The highest BCUT2D eigenvalue weighted by molar-refractivity contribution is 5.95. The van der Waals surface area contributed by atoms with E-state index < -0.39 is 5.54 Å². The lowest BCUT2D eigenvalue weighted by Gasteiger charge is -2.21. The number of nitrogens with zero attached hydrogens (tertiary/aromatic N) is 3. The van der Waals surface area contributed by atoms with Crippen molar-refractivity contribution in [3.05, 3.63) is 59.7 Å². The van der Waals surface area contributed by atoms with Crippen LogP contribution in [0.5, 0.6) is 0 Å². The van der Waals surface area contributed by atoms with Crippen molar-refractivity contribution in [3.63, 3.8) is 0 Å². The van der Waals surface area contributed by atoms with Gasteiger partial charge in [-0.3, -0.25) is 4.79 Å². The molecule has 140 valence electrons. The lowest BCUT2D eigenvalue weighted by molar-refractivity contribution is 0.0920. The van der Waals surface area contributed by atoms with Crippen LogP contribution in [0.25, 0.3) is 22.9 Å². The molecule has 3 aromatic rings. The summed E-state index contributed by atoms with van der Waals surface area (Å²) in [7, 11) is 0. The van der Waals surface area contributed by atoms with Gasteiger partial charge in [0.1, 0.15) is 5.54 Å². The van der Waals surface area contributed by atoms with Crippen LogP contribution < -0.4 is 5.32 Å². The summed E-state index contributed by atoms with van der Waals surface area (Å²) in [4.78, 5) is 12.5. The molecular formula is C22H20N4O2. The molecule has 0 bridgehead atoms. The smallest absolute Gasteiger partial charge is 0.252 e. The fourth-order valence-electron chi connectivity index (χ4n) is 3.45. The molecule has 0 unspecified atom stereocenters. The SMILES string of the molecule is Cc1ccc(-c2nnc(-c3ccc(C(=O)NC4(C#N)CCCC4)cc3)o2)cc1. The molecule has 1 aliphatic rings. The molecule has 1 saturated carbocycles. The Morgan fingerprint density at radius 1 is 1.00 bits per heavy atom. The Balaban J connectivity index is 1.50. The number of amides is 1. The van der Waals surface area contributed by atoms with Gasteiger partial charge in [0.25, 0.3) is 5.91 Å². The molecule has 0 saturated heterocycles. The van der Waals surface area contributed by atoms with Gasteiger partial charge in [-0.05, 0) is 69.0 Å². The van der Waals surface area contributed by atoms with E-state index in [1.165, 1.54) is 0 Å². The van der Waals surface area contributed by atoms with Crippen LogP contribution in [0.4, 0.5) is 0 Å². The fourth-order valence-corrected chi connectivity index (χ4v) is 3.45. The lowest BCUT2D eigenvalue weighted by atomic mass is 9.99. The van der Waals surface area contributed by atoms with Crippen LogP contribution in [0, 0.1) is 18.3 Å². The minimum Gasteiger partial charge on any atom is -0.416 e. The second-order valence-corrected chi connectivity index (χ2v) is 7.21. The number of aryl methyl sites for hydroxylation is 1. The largest absolute Gasteiger partial charge is 0.416 e. The van der Waals surface area contributed by atoms with Gasteiger partial charge in [0.2, 0.25) is 11.8 Å². The highest BCUT2D eigenvalue weighted by Gasteiger charge is 2.35. The van der Waals surface area contributed by atoms with Crippen molar-refractivity contribution in [1.82, 2.24) is 15.5 Å². The summed E-state index contributed by atoms with van der Waals surface area (Å²) in [6.45, 7) is 2.02. The van der Waals surface area contributed by atoms with Crippen LogP contribution in [-0.4, -0.2) is 21.6 Å². The normalized spacial score (nSPS) is 15.1. The minimum absolute atomic E-state index is 0.235. The molecular weight excluding hydrogens is 352 g/mol. The lowest BCUT2D eigenvalue weighted by Crippen LogP contribution is -2.45. The van der Waals surface area contributed by atoms with Crippen molar-refractivity contribution in [2.75, 3.05) is 0 Å². The van der Waals surface area contributed by atoms with Gasteiger partial charge in [0, 0.05) is 16.7 Å². The average molecular weight is 372 g/mol.